The number of amides is 2. The topological polar surface area (TPSA) is 89.9 Å². The molecule has 1 saturated heterocycles. The van der Waals surface area contributed by atoms with Crippen LogP contribution in [0.4, 0.5) is 0 Å². The van der Waals surface area contributed by atoms with Crippen molar-refractivity contribution >= 4 is 11.8 Å². The number of nitrogens with zero attached hydrogens (tertiary/aromatic N) is 1. The predicted molar refractivity (Wildman–Crippen MR) is 77.2 cm³/mol. The van der Waals surface area contributed by atoms with E-state index in [2.05, 4.69) is 5.32 Å². The van der Waals surface area contributed by atoms with E-state index in [0.29, 0.717) is 0 Å². The van der Waals surface area contributed by atoms with Crippen LogP contribution >= 0.6 is 0 Å². The predicted octanol–water partition coefficient (Wildman–Crippen LogP) is 1.23. The molecule has 2 rings (SSSR count). The Bertz CT molecular complexity index is 524. The van der Waals surface area contributed by atoms with E-state index < -0.39 is 5.91 Å². The van der Waals surface area contributed by atoms with Crippen LogP contribution in [0.1, 0.15) is 36.0 Å². The maximum absolute atomic E-state index is 11.9. The summed E-state index contributed by atoms with van der Waals surface area (Å²) >= 11 is 0. The number of piperidine rings is 1. The Morgan fingerprint density at radius 1 is 1.14 bits per heavy atom. The highest BCUT2D eigenvalue weighted by Crippen LogP contribution is 2.21. The minimum Gasteiger partial charge on any atom is -0.508 e. The molecule has 1 aliphatic rings. The van der Waals surface area contributed by atoms with Gasteiger partial charge in [-0.3, -0.25) is 9.59 Å². The van der Waals surface area contributed by atoms with Gasteiger partial charge in [-0.15, -0.1) is 0 Å². The zero-order valence-electron chi connectivity index (χ0n) is 11.8. The lowest BCUT2D eigenvalue weighted by Gasteiger charge is -2.26. The van der Waals surface area contributed by atoms with Crippen molar-refractivity contribution < 1.29 is 19.8 Å². The summed E-state index contributed by atoms with van der Waals surface area (Å²) in [4.78, 5) is 25.6. The van der Waals surface area contributed by atoms with Gasteiger partial charge in [-0.05, 0) is 37.5 Å². The van der Waals surface area contributed by atoms with E-state index in [4.69, 9.17) is 0 Å². The summed E-state index contributed by atoms with van der Waals surface area (Å²) in [6.07, 6.45) is 3.48. The number of rotatable bonds is 4. The number of phenolic OH excluding ortho intramolecular Hbond substituents is 2. The summed E-state index contributed by atoms with van der Waals surface area (Å²) in [6, 6.07) is 3.74. The monoisotopic (exact) mass is 292 g/mol. The Labute approximate surface area is 123 Å². The van der Waals surface area contributed by atoms with E-state index in [1.807, 2.05) is 4.90 Å². The van der Waals surface area contributed by atoms with Gasteiger partial charge in [0.15, 0.2) is 0 Å². The van der Waals surface area contributed by atoms with Gasteiger partial charge in [0, 0.05) is 26.1 Å². The van der Waals surface area contributed by atoms with Gasteiger partial charge in [-0.25, -0.2) is 0 Å². The van der Waals surface area contributed by atoms with Crippen molar-refractivity contribution in [2.24, 2.45) is 0 Å². The molecule has 0 aromatic heterocycles. The highest BCUT2D eigenvalue weighted by molar-refractivity contribution is 5.97. The minimum absolute atomic E-state index is 0.000390. The molecule has 1 heterocycles. The van der Waals surface area contributed by atoms with Crippen LogP contribution < -0.4 is 5.32 Å². The third kappa shape index (κ3) is 4.11. The van der Waals surface area contributed by atoms with Gasteiger partial charge >= 0.3 is 0 Å². The fourth-order valence-corrected chi connectivity index (χ4v) is 2.39. The summed E-state index contributed by atoms with van der Waals surface area (Å²) in [7, 11) is 0. The van der Waals surface area contributed by atoms with Gasteiger partial charge in [-0.2, -0.15) is 0 Å². The van der Waals surface area contributed by atoms with Crippen LogP contribution in [0.25, 0.3) is 0 Å². The molecular weight excluding hydrogens is 272 g/mol. The molecule has 114 valence electrons. The van der Waals surface area contributed by atoms with Crippen molar-refractivity contribution in [1.82, 2.24) is 10.2 Å². The van der Waals surface area contributed by atoms with E-state index >= 15 is 0 Å². The van der Waals surface area contributed by atoms with E-state index in [-0.39, 0.29) is 35.9 Å². The fourth-order valence-electron chi connectivity index (χ4n) is 2.39. The van der Waals surface area contributed by atoms with Crippen molar-refractivity contribution in [1.29, 1.82) is 0 Å². The van der Waals surface area contributed by atoms with Gasteiger partial charge in [-0.1, -0.05) is 0 Å². The smallest absolute Gasteiger partial charge is 0.255 e. The molecule has 0 atom stereocenters. The van der Waals surface area contributed by atoms with E-state index in [1.165, 1.54) is 18.2 Å². The first-order valence-electron chi connectivity index (χ1n) is 7.16. The van der Waals surface area contributed by atoms with E-state index in [1.54, 1.807) is 0 Å². The van der Waals surface area contributed by atoms with Crippen LogP contribution in [0.2, 0.25) is 0 Å². The second kappa shape index (κ2) is 6.97. The molecule has 0 radical (unpaired) electrons. The Morgan fingerprint density at radius 2 is 1.86 bits per heavy atom. The average molecular weight is 292 g/mol. The number of aromatic hydroxyl groups is 2. The first-order chi connectivity index (χ1) is 10.1. The zero-order valence-corrected chi connectivity index (χ0v) is 11.8. The molecule has 1 fully saturated rings. The van der Waals surface area contributed by atoms with Crippen LogP contribution in [0.15, 0.2) is 18.2 Å². The lowest BCUT2D eigenvalue weighted by Crippen LogP contribution is -2.37. The van der Waals surface area contributed by atoms with Crippen molar-refractivity contribution in [3.63, 3.8) is 0 Å². The second-order valence-electron chi connectivity index (χ2n) is 5.15. The molecule has 21 heavy (non-hydrogen) atoms. The standard InChI is InChI=1S/C15H20N2O4/c18-11-4-5-13(19)12(10-11)15(21)16-7-6-14(20)17-8-2-1-3-9-17/h4-5,10,18-19H,1-3,6-9H2,(H,16,21). The van der Waals surface area contributed by atoms with Gasteiger partial charge in [0.05, 0.1) is 5.56 Å². The molecule has 0 aliphatic carbocycles. The Balaban J connectivity index is 1.81. The molecule has 0 saturated carbocycles. The quantitative estimate of drug-likeness (QED) is 0.728. The summed E-state index contributed by atoms with van der Waals surface area (Å²) in [5.74, 6) is -0.764. The van der Waals surface area contributed by atoms with Crippen molar-refractivity contribution in [2.75, 3.05) is 19.6 Å². The second-order valence-corrected chi connectivity index (χ2v) is 5.15. The molecule has 0 bridgehead atoms. The van der Waals surface area contributed by atoms with Gasteiger partial charge in [0.2, 0.25) is 5.91 Å². The van der Waals surface area contributed by atoms with Crippen molar-refractivity contribution in [3.05, 3.63) is 23.8 Å². The van der Waals surface area contributed by atoms with Crippen LogP contribution in [0.5, 0.6) is 11.5 Å². The number of benzene rings is 1. The van der Waals surface area contributed by atoms with Crippen LogP contribution in [-0.4, -0.2) is 46.6 Å². The highest BCUT2D eigenvalue weighted by atomic mass is 16.3. The number of carbonyl (C=O) groups is 2. The Hall–Kier alpha value is -2.24. The average Bonchev–Trinajstić information content (AvgIpc) is 2.50. The Kier molecular flexibility index (Phi) is 5.03. The number of likely N-dealkylation sites (tertiary alicyclic amines) is 1. The van der Waals surface area contributed by atoms with E-state index in [0.717, 1.165) is 32.4 Å². The van der Waals surface area contributed by atoms with Gasteiger partial charge < -0.3 is 20.4 Å². The molecule has 0 unspecified atom stereocenters. The van der Waals surface area contributed by atoms with Gasteiger partial charge in [0.25, 0.3) is 5.91 Å². The number of hydrogen-bond acceptors (Lipinski definition) is 4. The van der Waals surface area contributed by atoms with Crippen LogP contribution in [0, 0.1) is 0 Å². The van der Waals surface area contributed by atoms with E-state index in [9.17, 15) is 19.8 Å². The minimum atomic E-state index is -0.505. The number of nitrogens with one attached hydrogen (secondary N) is 1. The Morgan fingerprint density at radius 3 is 2.57 bits per heavy atom. The molecule has 1 aromatic carbocycles. The van der Waals surface area contributed by atoms with Crippen molar-refractivity contribution in [3.8, 4) is 11.5 Å². The number of hydrogen-bond donors (Lipinski definition) is 3. The third-order valence-corrected chi connectivity index (χ3v) is 3.56. The first-order valence-corrected chi connectivity index (χ1v) is 7.16. The summed E-state index contributed by atoms with van der Waals surface area (Å²) in [5, 5.41) is 21.5. The summed E-state index contributed by atoms with van der Waals surface area (Å²) in [6.45, 7) is 1.80. The lowest BCUT2D eigenvalue weighted by molar-refractivity contribution is -0.131. The molecule has 6 heteroatoms. The molecular formula is C15H20N2O4. The highest BCUT2D eigenvalue weighted by Gasteiger charge is 2.17. The maximum Gasteiger partial charge on any atom is 0.255 e. The summed E-state index contributed by atoms with van der Waals surface area (Å²) in [5.41, 5.74) is 0.000390. The van der Waals surface area contributed by atoms with Crippen LogP contribution in [0.3, 0.4) is 0 Å². The maximum atomic E-state index is 11.9. The molecule has 1 aliphatic heterocycles. The molecule has 2 amide bonds. The van der Waals surface area contributed by atoms with Crippen LogP contribution in [-0.2, 0) is 4.79 Å². The largest absolute Gasteiger partial charge is 0.508 e. The van der Waals surface area contributed by atoms with Gasteiger partial charge in [0.1, 0.15) is 11.5 Å². The number of phenols is 2. The molecule has 3 N–H and O–H groups in total. The number of carbonyl (C=O) groups excluding carboxylic acids is 2. The first kappa shape index (κ1) is 15.2. The SMILES string of the molecule is O=C(NCCC(=O)N1CCCCC1)c1cc(O)ccc1O. The van der Waals surface area contributed by atoms with Crippen molar-refractivity contribution in [2.45, 2.75) is 25.7 Å². The lowest BCUT2D eigenvalue weighted by atomic mass is 10.1. The summed E-state index contributed by atoms with van der Waals surface area (Å²) < 4.78 is 0. The zero-order chi connectivity index (χ0) is 15.2. The normalized spacial score (nSPS) is 14.8. The molecule has 0 spiro atoms. The molecule has 6 nitrogen and oxygen atoms in total. The third-order valence-electron chi connectivity index (χ3n) is 3.56. The molecule has 1 aromatic rings. The fraction of sp³-hybridized carbons (Fsp3) is 0.467.